The number of hydrogen-bond acceptors (Lipinski definition) is 4. The van der Waals surface area contributed by atoms with E-state index in [1.165, 1.54) is 6.26 Å². The van der Waals surface area contributed by atoms with Crippen LogP contribution in [0.25, 0.3) is 0 Å². The zero-order valence-electron chi connectivity index (χ0n) is 14.3. The molecule has 138 valence electrons. The van der Waals surface area contributed by atoms with Gasteiger partial charge in [0.25, 0.3) is 11.8 Å². The van der Waals surface area contributed by atoms with Crippen LogP contribution in [-0.4, -0.2) is 18.4 Å². The lowest BCUT2D eigenvalue weighted by Crippen LogP contribution is -2.28. The van der Waals surface area contributed by atoms with Gasteiger partial charge in [0.05, 0.1) is 6.26 Å². The highest BCUT2D eigenvalue weighted by Gasteiger charge is 2.09. The van der Waals surface area contributed by atoms with Crippen LogP contribution < -0.4 is 15.4 Å². The summed E-state index contributed by atoms with van der Waals surface area (Å²) >= 11 is 5.87. The highest BCUT2D eigenvalue weighted by molar-refractivity contribution is 6.30. The fourth-order valence-corrected chi connectivity index (χ4v) is 2.50. The van der Waals surface area contributed by atoms with Gasteiger partial charge >= 0.3 is 0 Å². The van der Waals surface area contributed by atoms with Gasteiger partial charge in [0, 0.05) is 17.3 Å². The molecule has 0 bridgehead atoms. The average molecular weight is 385 g/mol. The van der Waals surface area contributed by atoms with Gasteiger partial charge in [-0.05, 0) is 48.0 Å². The van der Waals surface area contributed by atoms with E-state index in [4.69, 9.17) is 20.8 Å². The van der Waals surface area contributed by atoms with Crippen LogP contribution >= 0.6 is 11.6 Å². The van der Waals surface area contributed by atoms with Crippen LogP contribution in [0.2, 0.25) is 5.02 Å². The molecular weight excluding hydrogens is 368 g/mol. The summed E-state index contributed by atoms with van der Waals surface area (Å²) in [7, 11) is 0. The minimum Gasteiger partial charge on any atom is -0.484 e. The van der Waals surface area contributed by atoms with Crippen molar-refractivity contribution in [3.05, 3.63) is 83.3 Å². The minimum atomic E-state index is -0.337. The molecule has 0 saturated heterocycles. The Bertz CT molecular complexity index is 925. The van der Waals surface area contributed by atoms with Crippen molar-refractivity contribution in [3.8, 4) is 5.75 Å². The summed E-state index contributed by atoms with van der Waals surface area (Å²) in [5, 5.41) is 6.05. The third-order valence-corrected chi connectivity index (χ3v) is 3.82. The van der Waals surface area contributed by atoms with Gasteiger partial charge < -0.3 is 19.8 Å². The van der Waals surface area contributed by atoms with Gasteiger partial charge in [-0.3, -0.25) is 9.59 Å². The van der Waals surface area contributed by atoms with Crippen molar-refractivity contribution in [3.63, 3.8) is 0 Å². The lowest BCUT2D eigenvalue weighted by Gasteiger charge is -2.09. The van der Waals surface area contributed by atoms with E-state index in [2.05, 4.69) is 10.6 Å². The second-order valence-electron chi connectivity index (χ2n) is 5.65. The average Bonchev–Trinajstić information content (AvgIpc) is 3.20. The van der Waals surface area contributed by atoms with Gasteiger partial charge in [0.1, 0.15) is 5.75 Å². The Morgan fingerprint density at radius 3 is 2.67 bits per heavy atom. The molecule has 0 aliphatic rings. The van der Waals surface area contributed by atoms with E-state index in [9.17, 15) is 9.59 Å². The standard InChI is InChI=1S/C20H17ClN2O4/c21-15-5-2-7-17(11-15)27-13-19(24)22-12-14-4-1-6-16(10-14)23-20(25)18-8-3-9-26-18/h1-11H,12-13H2,(H,22,24)(H,23,25). The molecule has 27 heavy (non-hydrogen) atoms. The Balaban J connectivity index is 1.49. The Kier molecular flexibility index (Phi) is 6.12. The van der Waals surface area contributed by atoms with Gasteiger partial charge in [-0.15, -0.1) is 0 Å². The second kappa shape index (κ2) is 8.91. The molecule has 0 aliphatic heterocycles. The lowest BCUT2D eigenvalue weighted by molar-refractivity contribution is -0.123. The number of ether oxygens (including phenoxy) is 1. The third kappa shape index (κ3) is 5.62. The van der Waals surface area contributed by atoms with Gasteiger partial charge in [0.15, 0.2) is 12.4 Å². The van der Waals surface area contributed by atoms with Gasteiger partial charge in [-0.1, -0.05) is 29.8 Å². The minimum absolute atomic E-state index is 0.116. The lowest BCUT2D eigenvalue weighted by atomic mass is 10.2. The predicted molar refractivity (Wildman–Crippen MR) is 102 cm³/mol. The molecule has 2 aromatic carbocycles. The number of nitrogens with one attached hydrogen (secondary N) is 2. The summed E-state index contributed by atoms with van der Waals surface area (Å²) in [5.41, 5.74) is 1.45. The molecule has 6 nitrogen and oxygen atoms in total. The molecule has 0 radical (unpaired) electrons. The van der Waals surface area contributed by atoms with E-state index in [1.807, 2.05) is 6.07 Å². The van der Waals surface area contributed by atoms with Gasteiger partial charge in [-0.2, -0.15) is 0 Å². The number of anilines is 1. The Morgan fingerprint density at radius 1 is 1.04 bits per heavy atom. The zero-order valence-corrected chi connectivity index (χ0v) is 15.0. The molecule has 0 fully saturated rings. The van der Waals surface area contributed by atoms with E-state index in [0.29, 0.717) is 23.0 Å². The molecule has 2 amide bonds. The van der Waals surface area contributed by atoms with E-state index >= 15 is 0 Å². The summed E-state index contributed by atoms with van der Waals surface area (Å²) in [6.45, 7) is 0.192. The van der Waals surface area contributed by atoms with Gasteiger partial charge in [0.2, 0.25) is 0 Å². The number of rotatable bonds is 7. The van der Waals surface area contributed by atoms with Gasteiger partial charge in [-0.25, -0.2) is 0 Å². The highest BCUT2D eigenvalue weighted by atomic mass is 35.5. The Morgan fingerprint density at radius 2 is 1.89 bits per heavy atom. The fraction of sp³-hybridized carbons (Fsp3) is 0.100. The SMILES string of the molecule is O=C(COc1cccc(Cl)c1)NCc1cccc(NC(=O)c2ccco2)c1. The molecule has 0 aliphatic carbocycles. The first-order valence-electron chi connectivity index (χ1n) is 8.19. The fourth-order valence-electron chi connectivity index (χ4n) is 2.32. The molecule has 2 N–H and O–H groups in total. The summed E-state index contributed by atoms with van der Waals surface area (Å²) < 4.78 is 10.4. The summed E-state index contributed by atoms with van der Waals surface area (Å²) in [5.74, 6) is 0.156. The number of hydrogen-bond donors (Lipinski definition) is 2. The normalized spacial score (nSPS) is 10.3. The first kappa shape index (κ1) is 18.5. The number of amides is 2. The molecule has 3 rings (SSSR count). The van der Waals surface area contributed by atoms with Crippen LogP contribution in [0.3, 0.4) is 0 Å². The van der Waals surface area contributed by atoms with Crippen molar-refractivity contribution in [1.82, 2.24) is 5.32 Å². The van der Waals surface area contributed by atoms with Crippen molar-refractivity contribution in [2.45, 2.75) is 6.54 Å². The number of carbonyl (C=O) groups excluding carboxylic acids is 2. The van der Waals surface area contributed by atoms with E-state index in [0.717, 1.165) is 5.56 Å². The number of carbonyl (C=O) groups is 2. The molecule has 0 saturated carbocycles. The second-order valence-corrected chi connectivity index (χ2v) is 6.09. The number of halogens is 1. The summed E-state index contributed by atoms with van der Waals surface area (Å²) in [6.07, 6.45) is 1.44. The first-order valence-corrected chi connectivity index (χ1v) is 8.57. The van der Waals surface area contributed by atoms with E-state index in [1.54, 1.807) is 54.6 Å². The predicted octanol–water partition coefficient (Wildman–Crippen LogP) is 3.88. The molecule has 7 heteroatoms. The maximum Gasteiger partial charge on any atom is 0.291 e. The maximum atomic E-state index is 12.0. The molecule has 0 atom stereocenters. The monoisotopic (exact) mass is 384 g/mol. The van der Waals surface area contributed by atoms with Crippen molar-refractivity contribution in [2.24, 2.45) is 0 Å². The Hall–Kier alpha value is -3.25. The molecule has 0 spiro atoms. The highest BCUT2D eigenvalue weighted by Crippen LogP contribution is 2.17. The van der Waals surface area contributed by atoms with E-state index in [-0.39, 0.29) is 24.2 Å². The smallest absolute Gasteiger partial charge is 0.291 e. The first-order chi connectivity index (χ1) is 13.1. The largest absolute Gasteiger partial charge is 0.484 e. The topological polar surface area (TPSA) is 80.6 Å². The molecule has 0 unspecified atom stereocenters. The molecular formula is C20H17ClN2O4. The molecule has 1 heterocycles. The summed E-state index contributed by atoms with van der Waals surface area (Å²) in [4.78, 5) is 23.9. The van der Waals surface area contributed by atoms with Crippen LogP contribution in [0, 0.1) is 0 Å². The quantitative estimate of drug-likeness (QED) is 0.647. The molecule has 1 aromatic heterocycles. The van der Waals surface area contributed by atoms with E-state index < -0.39 is 0 Å². The van der Waals surface area contributed by atoms with Crippen LogP contribution in [-0.2, 0) is 11.3 Å². The van der Waals surface area contributed by atoms with Crippen molar-refractivity contribution in [1.29, 1.82) is 0 Å². The number of furan rings is 1. The van der Waals surface area contributed by atoms with Crippen molar-refractivity contribution < 1.29 is 18.7 Å². The van der Waals surface area contributed by atoms with Crippen LogP contribution in [0.4, 0.5) is 5.69 Å². The van der Waals surface area contributed by atoms with Crippen LogP contribution in [0.5, 0.6) is 5.75 Å². The van der Waals surface area contributed by atoms with Crippen molar-refractivity contribution >= 4 is 29.1 Å². The number of benzene rings is 2. The maximum absolute atomic E-state index is 12.0. The zero-order chi connectivity index (χ0) is 19.1. The van der Waals surface area contributed by atoms with Crippen LogP contribution in [0.15, 0.2) is 71.3 Å². The third-order valence-electron chi connectivity index (χ3n) is 3.59. The molecule has 3 aromatic rings. The summed E-state index contributed by atoms with van der Waals surface area (Å²) in [6, 6.07) is 17.2. The van der Waals surface area contributed by atoms with Crippen LogP contribution in [0.1, 0.15) is 16.1 Å². The van der Waals surface area contributed by atoms with Crippen molar-refractivity contribution in [2.75, 3.05) is 11.9 Å². The Labute approximate surface area is 161 Å².